The van der Waals surface area contributed by atoms with Gasteiger partial charge in [-0.3, -0.25) is 9.78 Å². The zero-order chi connectivity index (χ0) is 36.2. The van der Waals surface area contributed by atoms with Crippen LogP contribution in [-0.2, 0) is 12.8 Å². The fraction of sp³-hybridized carbons (Fsp3) is 0.308. The molecule has 0 bridgehead atoms. The summed E-state index contributed by atoms with van der Waals surface area (Å²) in [5.74, 6) is -1.10. The lowest BCUT2D eigenvalue weighted by Gasteiger charge is -2.22. The van der Waals surface area contributed by atoms with Crippen molar-refractivity contribution in [3.63, 3.8) is 0 Å². The lowest BCUT2D eigenvalue weighted by Crippen LogP contribution is -2.28. The lowest BCUT2D eigenvalue weighted by molar-refractivity contribution is -0.00734. The first kappa shape index (κ1) is 32.5. The topological polar surface area (TPSA) is 116 Å². The predicted octanol–water partition coefficient (Wildman–Crippen LogP) is 8.73. The van der Waals surface area contributed by atoms with Crippen LogP contribution >= 0.6 is 22.9 Å². The second-order valence-electron chi connectivity index (χ2n) is 14.0. The van der Waals surface area contributed by atoms with E-state index in [-0.39, 0.29) is 23.8 Å². The Kier molecular flexibility index (Phi) is 7.32. The van der Waals surface area contributed by atoms with Gasteiger partial charge in [-0.05, 0) is 54.1 Å². The number of rotatable bonds is 7. The van der Waals surface area contributed by atoms with Crippen molar-refractivity contribution in [1.29, 1.82) is 0 Å². The molecular formula is C39H31ClF2N6O4S. The van der Waals surface area contributed by atoms with Crippen molar-refractivity contribution in [3.05, 3.63) is 99.3 Å². The summed E-state index contributed by atoms with van der Waals surface area (Å²) in [6.45, 7) is 2.80. The Labute approximate surface area is 311 Å². The minimum absolute atomic E-state index is 0.0442. The number of nitrogens with one attached hydrogen (secondary N) is 1. The summed E-state index contributed by atoms with van der Waals surface area (Å²) in [4.78, 5) is 26.8. The van der Waals surface area contributed by atoms with Crippen LogP contribution in [0.4, 0.5) is 14.6 Å². The van der Waals surface area contributed by atoms with Crippen LogP contribution in [0.25, 0.3) is 32.0 Å². The molecule has 3 unspecified atom stereocenters. The Bertz CT molecular complexity index is 2500. The molecule has 4 aromatic heterocycles. The number of halogens is 3. The number of nitrogens with zero attached hydrogens (tertiary/aromatic N) is 5. The molecule has 1 fully saturated rings. The standard InChI is InChI=1S/C39H31ClF2N6O4S/c1-18-46-47-37(52-18)30-25(13-20-17-51-28-15-21(40)8-9-22(20)28)44-33-26-6-4-12-48(26)38(49)32(33)31(30)29-14-19-10-11-43-36(34(19)53-29)45-35-23-5-3-7-27(50-2)24(23)16-39(35,41)42/h3,5,7-11,14-15,20,26,35H,4,6,12-13,16-17H2,1-2H3,(H,43,45). The number of hydrogen-bond acceptors (Lipinski definition) is 10. The molecule has 1 saturated heterocycles. The summed E-state index contributed by atoms with van der Waals surface area (Å²) in [7, 11) is 1.49. The van der Waals surface area contributed by atoms with Gasteiger partial charge in [-0.25, -0.2) is 13.8 Å². The molecular weight excluding hydrogens is 722 g/mol. The molecule has 6 aromatic rings. The number of methoxy groups -OCH3 is 1. The van der Waals surface area contributed by atoms with Crippen LogP contribution in [0.1, 0.15) is 75.2 Å². The first-order chi connectivity index (χ1) is 25.7. The van der Waals surface area contributed by atoms with E-state index in [2.05, 4.69) is 20.5 Å². The number of aryl methyl sites for hydroxylation is 1. The number of amides is 1. The van der Waals surface area contributed by atoms with Gasteiger partial charge in [0.05, 0.1) is 47.0 Å². The maximum atomic E-state index is 15.7. The number of aromatic nitrogens is 4. The fourth-order valence-corrected chi connectivity index (χ4v) is 9.86. The average molecular weight is 753 g/mol. The molecule has 2 aromatic carbocycles. The first-order valence-corrected chi connectivity index (χ1v) is 18.7. The van der Waals surface area contributed by atoms with Crippen molar-refractivity contribution >= 4 is 44.7 Å². The van der Waals surface area contributed by atoms with Gasteiger partial charge in [0.1, 0.15) is 23.4 Å². The maximum absolute atomic E-state index is 15.7. The van der Waals surface area contributed by atoms with E-state index in [1.165, 1.54) is 18.4 Å². The summed E-state index contributed by atoms with van der Waals surface area (Å²) >= 11 is 7.67. The molecule has 0 spiro atoms. The summed E-state index contributed by atoms with van der Waals surface area (Å²) in [5, 5.41) is 13.1. The van der Waals surface area contributed by atoms with Crippen molar-refractivity contribution in [2.75, 3.05) is 25.6 Å². The lowest BCUT2D eigenvalue weighted by atomic mass is 9.89. The molecule has 10 nitrogen and oxygen atoms in total. The molecule has 14 heteroatoms. The van der Waals surface area contributed by atoms with E-state index in [1.807, 2.05) is 35.2 Å². The SMILES string of the molecule is COc1cccc2c1CC(F)(F)C2Nc1nccc2cc(-c3c4c(nc(CC5COc6cc(Cl)ccc65)c3-c3nnc(C)o3)C3CCCN3C4=O)sc12. The number of thiophene rings is 1. The molecule has 1 amide bonds. The van der Waals surface area contributed by atoms with E-state index in [4.69, 9.17) is 30.5 Å². The van der Waals surface area contributed by atoms with E-state index < -0.39 is 18.4 Å². The van der Waals surface area contributed by atoms with Gasteiger partial charge in [0, 0.05) is 65.0 Å². The fourth-order valence-electron chi connectivity index (χ4n) is 8.53. The molecule has 10 rings (SSSR count). The quantitative estimate of drug-likeness (QED) is 0.171. The predicted molar refractivity (Wildman–Crippen MR) is 195 cm³/mol. The Morgan fingerprint density at radius 3 is 2.83 bits per heavy atom. The van der Waals surface area contributed by atoms with Gasteiger partial charge in [0.25, 0.3) is 11.8 Å². The highest BCUT2D eigenvalue weighted by Gasteiger charge is 2.49. The smallest absolute Gasteiger partial charge is 0.276 e. The van der Waals surface area contributed by atoms with Crippen molar-refractivity contribution in [1.82, 2.24) is 25.1 Å². The van der Waals surface area contributed by atoms with Crippen molar-refractivity contribution in [2.24, 2.45) is 0 Å². The second kappa shape index (κ2) is 11.9. The molecule has 7 heterocycles. The van der Waals surface area contributed by atoms with Crippen molar-refractivity contribution in [2.45, 2.75) is 56.5 Å². The molecule has 268 valence electrons. The van der Waals surface area contributed by atoms with Gasteiger partial charge < -0.3 is 24.1 Å². The number of anilines is 1. The van der Waals surface area contributed by atoms with E-state index in [9.17, 15) is 4.79 Å². The van der Waals surface area contributed by atoms with Crippen LogP contribution in [0, 0.1) is 6.92 Å². The first-order valence-electron chi connectivity index (χ1n) is 17.5. The van der Waals surface area contributed by atoms with Crippen LogP contribution in [0.2, 0.25) is 5.02 Å². The van der Waals surface area contributed by atoms with Gasteiger partial charge in [0.2, 0.25) is 11.8 Å². The molecule has 53 heavy (non-hydrogen) atoms. The zero-order valence-corrected chi connectivity index (χ0v) is 30.2. The van der Waals surface area contributed by atoms with Crippen LogP contribution in [0.15, 0.2) is 59.1 Å². The largest absolute Gasteiger partial charge is 0.496 e. The molecule has 3 aliphatic heterocycles. The second-order valence-corrected chi connectivity index (χ2v) is 15.5. The Morgan fingerprint density at radius 2 is 2.00 bits per heavy atom. The molecule has 1 N–H and O–H groups in total. The third-order valence-electron chi connectivity index (χ3n) is 10.9. The van der Waals surface area contributed by atoms with E-state index in [1.54, 1.807) is 31.3 Å². The van der Waals surface area contributed by atoms with E-state index in [0.29, 0.717) is 80.3 Å². The van der Waals surface area contributed by atoms with Crippen LogP contribution in [0.5, 0.6) is 11.5 Å². The molecule has 4 aliphatic rings. The summed E-state index contributed by atoms with van der Waals surface area (Å²) in [5.41, 5.74) is 5.17. The number of pyridine rings is 2. The number of hydrogen-bond donors (Lipinski definition) is 1. The van der Waals surface area contributed by atoms with Crippen molar-refractivity contribution < 1.29 is 27.5 Å². The highest BCUT2D eigenvalue weighted by atomic mass is 35.5. The number of ether oxygens (including phenoxy) is 2. The molecule has 0 saturated carbocycles. The van der Waals surface area contributed by atoms with Gasteiger partial charge >= 0.3 is 0 Å². The highest BCUT2D eigenvalue weighted by Crippen LogP contribution is 2.53. The van der Waals surface area contributed by atoms with Gasteiger partial charge in [-0.1, -0.05) is 29.8 Å². The Morgan fingerprint density at radius 1 is 1.11 bits per heavy atom. The maximum Gasteiger partial charge on any atom is 0.276 e. The van der Waals surface area contributed by atoms with Crippen LogP contribution in [-0.4, -0.2) is 57.2 Å². The summed E-state index contributed by atoms with van der Waals surface area (Å²) in [6.07, 6.45) is 3.34. The average Bonchev–Trinajstić information content (AvgIpc) is 3.99. The minimum Gasteiger partial charge on any atom is -0.496 e. The number of fused-ring (bicyclic) bond motifs is 6. The number of carbonyl (C=O) groups is 1. The minimum atomic E-state index is -3.09. The normalized spacial score (nSPS) is 20.7. The van der Waals surface area contributed by atoms with Crippen LogP contribution < -0.4 is 14.8 Å². The third kappa shape index (κ3) is 5.03. The van der Waals surface area contributed by atoms with Gasteiger partial charge in [0.15, 0.2) is 0 Å². The molecule has 1 aliphatic carbocycles. The Hall–Kier alpha value is -5.14. The summed E-state index contributed by atoms with van der Waals surface area (Å²) < 4.78 is 49.7. The number of benzene rings is 2. The number of carbonyl (C=O) groups excluding carboxylic acids is 1. The molecule has 0 radical (unpaired) electrons. The summed E-state index contributed by atoms with van der Waals surface area (Å²) in [6, 6.07) is 13.2. The van der Waals surface area contributed by atoms with Crippen molar-refractivity contribution in [3.8, 4) is 33.4 Å². The Balaban J connectivity index is 1.15. The van der Waals surface area contributed by atoms with E-state index in [0.717, 1.165) is 40.1 Å². The van der Waals surface area contributed by atoms with Crippen LogP contribution in [0.3, 0.4) is 0 Å². The monoisotopic (exact) mass is 752 g/mol. The van der Waals surface area contributed by atoms with Gasteiger partial charge in [-0.15, -0.1) is 21.5 Å². The number of alkyl halides is 2. The highest BCUT2D eigenvalue weighted by molar-refractivity contribution is 7.23. The zero-order valence-electron chi connectivity index (χ0n) is 28.6. The molecule has 3 atom stereocenters. The third-order valence-corrected chi connectivity index (χ3v) is 12.3. The van der Waals surface area contributed by atoms with Gasteiger partial charge in [-0.2, -0.15) is 0 Å². The van der Waals surface area contributed by atoms with E-state index >= 15 is 8.78 Å².